The first-order valence-corrected chi connectivity index (χ1v) is 11.1. The lowest BCUT2D eigenvalue weighted by Crippen LogP contribution is -2.52. The minimum Gasteiger partial charge on any atom is -0.462 e. The summed E-state index contributed by atoms with van der Waals surface area (Å²) in [6, 6.07) is 0. The van der Waals surface area contributed by atoms with Crippen molar-refractivity contribution in [2.45, 2.75) is 57.5 Å². The second-order valence-corrected chi connectivity index (χ2v) is 9.70. The second-order valence-electron chi connectivity index (χ2n) is 8.89. The Morgan fingerprint density at radius 3 is 2.19 bits per heavy atom. The third kappa shape index (κ3) is 4.84. The Hall–Kier alpha value is -0.690. The summed E-state index contributed by atoms with van der Waals surface area (Å²) in [7, 11) is 0. The summed E-state index contributed by atoms with van der Waals surface area (Å²) in [5.41, 5.74) is -0.999. The van der Waals surface area contributed by atoms with E-state index in [0.29, 0.717) is 29.6 Å². The van der Waals surface area contributed by atoms with Gasteiger partial charge in [-0.05, 0) is 80.3 Å². The van der Waals surface area contributed by atoms with Gasteiger partial charge in [-0.25, -0.2) is 4.79 Å². The van der Waals surface area contributed by atoms with Gasteiger partial charge in [0.1, 0.15) is 5.57 Å². The molecule has 0 heterocycles. The molecule has 4 aliphatic rings. The first kappa shape index (κ1) is 21.0. The number of rotatable bonds is 9. The number of hydrogen-bond donors (Lipinski definition) is 0. The lowest BCUT2D eigenvalue weighted by atomic mass is 9.43. The van der Waals surface area contributed by atoms with E-state index in [1.165, 1.54) is 19.3 Å². The lowest BCUT2D eigenvalue weighted by molar-refractivity contribution is -0.155. The van der Waals surface area contributed by atoms with Crippen LogP contribution in [0.1, 0.15) is 51.4 Å². The molecule has 4 bridgehead atoms. The lowest BCUT2D eigenvalue weighted by Gasteiger charge is -2.62. The Bertz CT molecular complexity index is 561. The zero-order valence-corrected chi connectivity index (χ0v) is 16.7. The van der Waals surface area contributed by atoms with Crippen molar-refractivity contribution in [2.24, 2.45) is 22.7 Å². The van der Waals surface area contributed by atoms with Gasteiger partial charge < -0.3 is 9.47 Å². The second kappa shape index (κ2) is 7.97. The minimum absolute atomic E-state index is 0.0480. The highest BCUT2D eigenvalue weighted by Crippen LogP contribution is 2.67. The van der Waals surface area contributed by atoms with Crippen LogP contribution in [-0.4, -0.2) is 37.6 Å². The molecule has 2 unspecified atom stereocenters. The molecule has 0 spiro atoms. The normalized spacial score (nSPS) is 34.7. The van der Waals surface area contributed by atoms with Crippen molar-refractivity contribution >= 4 is 17.7 Å². The Kier molecular flexibility index (Phi) is 6.21. The number of esters is 1. The zero-order valence-electron chi connectivity index (χ0n) is 15.9. The van der Waals surface area contributed by atoms with Crippen LogP contribution in [0.15, 0.2) is 12.2 Å². The van der Waals surface area contributed by atoms with Crippen molar-refractivity contribution in [3.05, 3.63) is 12.2 Å². The van der Waals surface area contributed by atoms with E-state index in [1.54, 1.807) is 11.8 Å². The van der Waals surface area contributed by atoms with E-state index in [4.69, 9.17) is 9.47 Å². The Morgan fingerprint density at radius 2 is 1.67 bits per heavy atom. The predicted molar refractivity (Wildman–Crippen MR) is 99.3 cm³/mol. The fourth-order valence-corrected chi connectivity index (χ4v) is 6.51. The van der Waals surface area contributed by atoms with Gasteiger partial charge in [0.2, 0.25) is 0 Å². The van der Waals surface area contributed by atoms with E-state index in [-0.39, 0.29) is 12.0 Å². The summed E-state index contributed by atoms with van der Waals surface area (Å²) >= 11 is 1.68. The number of hydrogen-bond acceptors (Lipinski definition) is 4. The molecular weight excluding hydrogens is 377 g/mol. The molecule has 0 aliphatic heterocycles. The average Bonchev–Trinajstić information content (AvgIpc) is 2.55. The quantitative estimate of drug-likeness (QED) is 0.224. The van der Waals surface area contributed by atoms with E-state index < -0.39 is 17.7 Å². The first-order chi connectivity index (χ1) is 12.7. The van der Waals surface area contributed by atoms with Crippen molar-refractivity contribution < 1.29 is 27.4 Å². The monoisotopic (exact) mass is 406 g/mol. The molecule has 27 heavy (non-hydrogen) atoms. The van der Waals surface area contributed by atoms with Crippen LogP contribution >= 0.6 is 11.8 Å². The van der Waals surface area contributed by atoms with Gasteiger partial charge in [0.15, 0.2) is 0 Å². The first-order valence-electron chi connectivity index (χ1n) is 9.67. The van der Waals surface area contributed by atoms with Crippen LogP contribution in [0.4, 0.5) is 13.2 Å². The van der Waals surface area contributed by atoms with Crippen molar-refractivity contribution in [3.63, 3.8) is 0 Å². The van der Waals surface area contributed by atoms with Crippen molar-refractivity contribution in [2.75, 3.05) is 25.4 Å². The van der Waals surface area contributed by atoms with Gasteiger partial charge in [0.25, 0.3) is 0 Å². The molecule has 4 rings (SSSR count). The third-order valence-corrected chi connectivity index (χ3v) is 7.14. The molecule has 0 aromatic heterocycles. The maximum absolute atomic E-state index is 12.6. The zero-order chi connectivity index (χ0) is 19.7. The number of carbonyl (C=O) groups excluding carboxylic acids is 1. The summed E-state index contributed by atoms with van der Waals surface area (Å²) in [5.74, 6) is 0.778. The molecule has 0 saturated heterocycles. The Morgan fingerprint density at radius 1 is 1.11 bits per heavy atom. The molecule has 2 atom stereocenters. The van der Waals surface area contributed by atoms with Crippen LogP contribution in [-0.2, 0) is 14.3 Å². The van der Waals surface area contributed by atoms with Crippen LogP contribution in [0.3, 0.4) is 0 Å². The number of ether oxygens (including phenoxy) is 2. The van der Waals surface area contributed by atoms with Crippen molar-refractivity contribution in [1.29, 1.82) is 0 Å². The van der Waals surface area contributed by atoms with Gasteiger partial charge in [0, 0.05) is 6.61 Å². The summed E-state index contributed by atoms with van der Waals surface area (Å²) in [4.78, 5) is 11.6. The van der Waals surface area contributed by atoms with Crippen LogP contribution in [0.25, 0.3) is 0 Å². The summed E-state index contributed by atoms with van der Waals surface area (Å²) < 4.78 is 48.3. The molecule has 0 amide bonds. The van der Waals surface area contributed by atoms with E-state index in [1.807, 2.05) is 6.26 Å². The molecule has 4 aliphatic carbocycles. The summed E-state index contributed by atoms with van der Waals surface area (Å²) in [6.07, 6.45) is 6.12. The number of halogens is 3. The molecule has 0 N–H and O–H groups in total. The highest BCUT2D eigenvalue weighted by Gasteiger charge is 2.57. The Balaban J connectivity index is 1.56. The summed E-state index contributed by atoms with van der Waals surface area (Å²) in [5, 5.41) is 0. The predicted octanol–water partition coefficient (Wildman–Crippen LogP) is 5.35. The summed E-state index contributed by atoms with van der Waals surface area (Å²) in [6.45, 7) is 3.64. The van der Waals surface area contributed by atoms with E-state index >= 15 is 0 Å². The van der Waals surface area contributed by atoms with Crippen molar-refractivity contribution in [3.8, 4) is 0 Å². The number of carbonyl (C=O) groups is 1. The largest absolute Gasteiger partial charge is 0.462 e. The van der Waals surface area contributed by atoms with Crippen LogP contribution in [0, 0.1) is 22.7 Å². The maximum atomic E-state index is 12.6. The molecule has 0 aromatic rings. The molecular formula is C20H29F3O3S. The van der Waals surface area contributed by atoms with Gasteiger partial charge in [-0.2, -0.15) is 13.2 Å². The highest BCUT2D eigenvalue weighted by molar-refractivity contribution is 7.98. The van der Waals surface area contributed by atoms with Gasteiger partial charge in [0.05, 0.1) is 12.5 Å². The molecule has 0 aromatic carbocycles. The standard InChI is InChI=1S/C20H29F3O3S/c1-14(20(21,22)23)17(24)26-6-4-19-10-15-7-16(11-19)9-18(8-15,12-19)3-5-25-13-27-2/h15-16H,1,3-13H2,2H3. The van der Waals surface area contributed by atoms with Crippen LogP contribution in [0.5, 0.6) is 0 Å². The fourth-order valence-electron chi connectivity index (χ4n) is 6.23. The molecule has 7 heteroatoms. The van der Waals surface area contributed by atoms with E-state index in [9.17, 15) is 18.0 Å². The fraction of sp³-hybridized carbons (Fsp3) is 0.850. The topological polar surface area (TPSA) is 35.5 Å². The molecule has 3 nitrogen and oxygen atoms in total. The maximum Gasteiger partial charge on any atom is 0.422 e. The van der Waals surface area contributed by atoms with Crippen molar-refractivity contribution in [1.82, 2.24) is 0 Å². The third-order valence-electron chi connectivity index (χ3n) is 6.74. The van der Waals surface area contributed by atoms with Gasteiger partial charge >= 0.3 is 12.1 Å². The number of alkyl halides is 3. The van der Waals surface area contributed by atoms with E-state index in [2.05, 4.69) is 6.58 Å². The minimum atomic E-state index is -4.72. The molecule has 0 radical (unpaired) electrons. The average molecular weight is 407 g/mol. The molecule has 4 fully saturated rings. The van der Waals surface area contributed by atoms with Gasteiger partial charge in [-0.15, -0.1) is 11.8 Å². The smallest absolute Gasteiger partial charge is 0.422 e. The highest BCUT2D eigenvalue weighted by atomic mass is 32.2. The Labute approximate surface area is 163 Å². The van der Waals surface area contributed by atoms with Crippen LogP contribution in [0.2, 0.25) is 0 Å². The molecule has 4 saturated carbocycles. The van der Waals surface area contributed by atoms with Crippen LogP contribution < -0.4 is 0 Å². The SMILES string of the molecule is C=C(C(=O)OCCC12CC3CC(CC(CCOCSC)(C3)C1)C2)C(F)(F)F. The number of thioether (sulfide) groups is 1. The molecule has 154 valence electrons. The van der Waals surface area contributed by atoms with Gasteiger partial charge in [-0.1, -0.05) is 6.58 Å². The van der Waals surface area contributed by atoms with E-state index in [0.717, 1.165) is 32.3 Å². The van der Waals surface area contributed by atoms with Gasteiger partial charge in [-0.3, -0.25) is 0 Å².